The highest BCUT2D eigenvalue weighted by Gasteiger charge is 2.42. The van der Waals surface area contributed by atoms with Crippen molar-refractivity contribution in [3.63, 3.8) is 0 Å². The van der Waals surface area contributed by atoms with Gasteiger partial charge < -0.3 is 19.3 Å². The van der Waals surface area contributed by atoms with Crippen LogP contribution in [0.5, 0.6) is 0 Å². The van der Waals surface area contributed by atoms with Crippen LogP contribution in [0.4, 0.5) is 4.39 Å². The molecule has 2 aromatic heterocycles. The molecule has 1 aliphatic heterocycles. The summed E-state index contributed by atoms with van der Waals surface area (Å²) in [6.07, 6.45) is 9.66. The summed E-state index contributed by atoms with van der Waals surface area (Å²) in [5.74, 6) is -0.335. The Labute approximate surface area is 263 Å². The predicted octanol–water partition coefficient (Wildman–Crippen LogP) is 4.47. The zero-order valence-corrected chi connectivity index (χ0v) is 25.7. The summed E-state index contributed by atoms with van der Waals surface area (Å²) in [4.78, 5) is 29.9. The summed E-state index contributed by atoms with van der Waals surface area (Å²) in [5, 5.41) is 11.3. The maximum atomic E-state index is 14.8. The second-order valence-electron chi connectivity index (χ2n) is 11.7. The number of aromatic nitrogens is 3. The lowest BCUT2D eigenvalue weighted by molar-refractivity contribution is -0.140. The maximum absolute atomic E-state index is 14.8. The molecule has 0 radical (unpaired) electrons. The van der Waals surface area contributed by atoms with Gasteiger partial charge in [-0.1, -0.05) is 35.9 Å². The molecule has 8 nitrogen and oxygen atoms in total. The normalized spacial score (nSPS) is 18.7. The van der Waals surface area contributed by atoms with E-state index in [1.165, 1.54) is 12.1 Å². The van der Waals surface area contributed by atoms with Crippen molar-refractivity contribution in [1.29, 1.82) is 0 Å². The number of piperazine rings is 1. The minimum absolute atomic E-state index is 0.0254. The molecule has 2 atom stereocenters. The number of halogens is 2. The third kappa shape index (κ3) is 6.73. The lowest BCUT2D eigenvalue weighted by atomic mass is 9.82. The Morgan fingerprint density at radius 2 is 1.93 bits per heavy atom. The number of pyridine rings is 1. The highest BCUT2D eigenvalue weighted by molar-refractivity contribution is 6.45. The lowest BCUT2D eigenvalue weighted by Crippen LogP contribution is -2.62. The van der Waals surface area contributed by atoms with E-state index in [-0.39, 0.29) is 17.8 Å². The molecular formula is C33H37BClFN6O2. The van der Waals surface area contributed by atoms with Crippen LogP contribution in [-0.4, -0.2) is 79.3 Å². The Morgan fingerprint density at radius 1 is 1.11 bits per heavy atom. The zero-order chi connectivity index (χ0) is 30.6. The predicted molar refractivity (Wildman–Crippen MR) is 170 cm³/mol. The van der Waals surface area contributed by atoms with Crippen LogP contribution in [0.15, 0.2) is 79.5 Å². The number of nitrogens with zero attached hydrogens (tertiary/aromatic N) is 6. The van der Waals surface area contributed by atoms with E-state index in [9.17, 15) is 14.2 Å². The van der Waals surface area contributed by atoms with Crippen LogP contribution in [0.25, 0.3) is 0 Å². The summed E-state index contributed by atoms with van der Waals surface area (Å²) in [6.45, 7) is 4.89. The molecule has 0 unspecified atom stereocenters. The van der Waals surface area contributed by atoms with Crippen molar-refractivity contribution in [1.82, 2.24) is 29.1 Å². The van der Waals surface area contributed by atoms with Gasteiger partial charge in [-0.3, -0.25) is 14.7 Å². The summed E-state index contributed by atoms with van der Waals surface area (Å²) in [6, 6.07) is 15.7. The molecule has 1 fully saturated rings. The largest absolute Gasteiger partial charge is 0.437 e. The fourth-order valence-corrected chi connectivity index (χ4v) is 6.75. The van der Waals surface area contributed by atoms with Crippen LogP contribution in [0.2, 0.25) is 11.8 Å². The average molecular weight is 615 g/mol. The quantitative estimate of drug-likeness (QED) is 0.280. The van der Waals surface area contributed by atoms with Gasteiger partial charge in [-0.15, -0.1) is 0 Å². The van der Waals surface area contributed by atoms with Crippen molar-refractivity contribution < 1.29 is 14.2 Å². The number of imidazole rings is 1. The number of hydrogen-bond acceptors (Lipinski definition) is 6. The van der Waals surface area contributed by atoms with Crippen LogP contribution < -0.4 is 0 Å². The SMILES string of the molecule is CB(O)N1CCN([C@@H]2c3ccc(Cl)cc3CCc3cccnc32)[C@@H](C(=O)N(CCCn2ccnc2)Cc2ccc(F)cc2)C1. The third-order valence-corrected chi connectivity index (χ3v) is 9.08. The van der Waals surface area contributed by atoms with Crippen molar-refractivity contribution >= 4 is 24.6 Å². The maximum Gasteiger partial charge on any atom is 0.376 e. The van der Waals surface area contributed by atoms with E-state index in [4.69, 9.17) is 16.6 Å². The molecule has 1 saturated heterocycles. The minimum atomic E-state index is -0.690. The number of fused-ring (bicyclic) bond motifs is 2. The Bertz CT molecular complexity index is 1570. The van der Waals surface area contributed by atoms with E-state index in [0.717, 1.165) is 53.8 Å². The van der Waals surface area contributed by atoms with Crippen molar-refractivity contribution in [2.75, 3.05) is 26.2 Å². The fraction of sp³-hybridized carbons (Fsp3) is 0.364. The van der Waals surface area contributed by atoms with Gasteiger partial charge in [-0.2, -0.15) is 0 Å². The molecule has 11 heteroatoms. The molecule has 0 bridgehead atoms. The number of benzene rings is 2. The standard InChI is InChI=1S/C33H37BClFN6O2/c1-34(44)41-18-19-42(32-29-12-9-27(35)20-26(29)8-7-25-4-2-13-38-31(25)32)30(22-41)33(43)40(16-3-15-39-17-14-37-23-39)21-24-5-10-28(36)11-6-24/h2,4-6,9-14,17,20,23,30,32,44H,3,7-8,15-16,18-19,21-22H2,1H3/t30-,32-/m1/s1. The number of carbonyl (C=O) groups excluding carboxylic acids is 1. The van der Waals surface area contributed by atoms with Gasteiger partial charge >= 0.3 is 7.05 Å². The van der Waals surface area contributed by atoms with Crippen molar-refractivity contribution in [3.05, 3.63) is 118 Å². The average Bonchev–Trinajstić information content (AvgIpc) is 3.49. The molecule has 3 heterocycles. The van der Waals surface area contributed by atoms with Crippen molar-refractivity contribution in [3.8, 4) is 0 Å². The first-order valence-corrected chi connectivity index (χ1v) is 15.6. The molecule has 1 N–H and O–H groups in total. The molecule has 6 rings (SSSR count). The molecule has 0 spiro atoms. The summed E-state index contributed by atoms with van der Waals surface area (Å²) >= 11 is 6.47. The smallest absolute Gasteiger partial charge is 0.376 e. The van der Waals surface area contributed by atoms with Gasteiger partial charge in [0, 0.05) is 62.9 Å². The van der Waals surface area contributed by atoms with E-state index in [1.807, 2.05) is 44.9 Å². The highest BCUT2D eigenvalue weighted by atomic mass is 35.5. The summed E-state index contributed by atoms with van der Waals surface area (Å²) < 4.78 is 15.8. The Kier molecular flexibility index (Phi) is 9.42. The number of hydrogen-bond donors (Lipinski definition) is 1. The monoisotopic (exact) mass is 614 g/mol. The van der Waals surface area contributed by atoms with Crippen molar-refractivity contribution in [2.24, 2.45) is 0 Å². The van der Waals surface area contributed by atoms with Gasteiger partial charge in [0.1, 0.15) is 11.9 Å². The lowest BCUT2D eigenvalue weighted by Gasteiger charge is -2.46. The van der Waals surface area contributed by atoms with E-state index in [0.29, 0.717) is 37.7 Å². The van der Waals surface area contributed by atoms with E-state index in [2.05, 4.69) is 22.0 Å². The number of aryl methyl sites for hydroxylation is 3. The van der Waals surface area contributed by atoms with Gasteiger partial charge in [-0.05, 0) is 78.7 Å². The van der Waals surface area contributed by atoms with Gasteiger partial charge in [0.2, 0.25) is 5.91 Å². The first-order chi connectivity index (χ1) is 21.4. The van der Waals surface area contributed by atoms with Gasteiger partial charge in [0.15, 0.2) is 0 Å². The van der Waals surface area contributed by atoms with Crippen LogP contribution >= 0.6 is 11.6 Å². The molecule has 4 aromatic rings. The van der Waals surface area contributed by atoms with Crippen LogP contribution in [0.3, 0.4) is 0 Å². The van der Waals surface area contributed by atoms with E-state index >= 15 is 0 Å². The van der Waals surface area contributed by atoms with Gasteiger partial charge in [0.05, 0.1) is 18.1 Å². The first-order valence-electron chi connectivity index (χ1n) is 15.3. The molecule has 1 amide bonds. The molecule has 2 aromatic carbocycles. The summed E-state index contributed by atoms with van der Waals surface area (Å²) in [5.41, 5.74) is 5.26. The molecular weight excluding hydrogens is 578 g/mol. The summed E-state index contributed by atoms with van der Waals surface area (Å²) in [7, 11) is -0.690. The Morgan fingerprint density at radius 3 is 2.70 bits per heavy atom. The molecule has 1 aliphatic carbocycles. The highest BCUT2D eigenvalue weighted by Crippen LogP contribution is 2.39. The Balaban J connectivity index is 1.37. The van der Waals surface area contributed by atoms with E-state index in [1.54, 1.807) is 31.5 Å². The first kappa shape index (κ1) is 30.5. The number of rotatable bonds is 9. The zero-order valence-electron chi connectivity index (χ0n) is 24.9. The second kappa shape index (κ2) is 13.6. The van der Waals surface area contributed by atoms with Crippen LogP contribution in [-0.2, 0) is 30.7 Å². The van der Waals surface area contributed by atoms with Gasteiger partial charge in [0.25, 0.3) is 0 Å². The third-order valence-electron chi connectivity index (χ3n) is 8.85. The number of amides is 1. The van der Waals surface area contributed by atoms with Crippen molar-refractivity contribution in [2.45, 2.75) is 51.3 Å². The molecule has 0 saturated carbocycles. The number of carbonyl (C=O) groups is 1. The van der Waals surface area contributed by atoms with E-state index < -0.39 is 13.1 Å². The van der Waals surface area contributed by atoms with Crippen LogP contribution in [0, 0.1) is 5.82 Å². The van der Waals surface area contributed by atoms with Crippen LogP contribution in [0.1, 0.15) is 40.4 Å². The second-order valence-corrected chi connectivity index (χ2v) is 12.2. The fourth-order valence-electron chi connectivity index (χ4n) is 6.56. The topological polar surface area (TPSA) is 77.7 Å². The van der Waals surface area contributed by atoms with Gasteiger partial charge in [-0.25, -0.2) is 9.37 Å². The molecule has 228 valence electrons. The minimum Gasteiger partial charge on any atom is -0.437 e. The molecule has 2 aliphatic rings. The Hall–Kier alpha value is -3.57. The molecule has 44 heavy (non-hydrogen) atoms.